The second-order valence-electron chi connectivity index (χ2n) is 5.96. The molecule has 27 heavy (non-hydrogen) atoms. The molecule has 2 aromatic carbocycles. The SMILES string of the molecule is CC(OC(=O)Cc1c[nH]c2ccccc12)C(=O)Nc1ccc(C#N)c(Cl)c1. The van der Waals surface area contributed by atoms with Gasteiger partial charge in [-0.25, -0.2) is 0 Å². The fraction of sp³-hybridized carbons (Fsp3) is 0.150. The summed E-state index contributed by atoms with van der Waals surface area (Å²) in [5, 5.41) is 12.7. The highest BCUT2D eigenvalue weighted by atomic mass is 35.5. The number of aromatic nitrogens is 1. The van der Waals surface area contributed by atoms with E-state index in [0.717, 1.165) is 16.5 Å². The third-order valence-electron chi connectivity index (χ3n) is 4.04. The van der Waals surface area contributed by atoms with E-state index in [9.17, 15) is 9.59 Å². The molecule has 7 heteroatoms. The Hall–Kier alpha value is -3.30. The van der Waals surface area contributed by atoms with Crippen molar-refractivity contribution in [1.82, 2.24) is 4.98 Å². The first-order chi connectivity index (χ1) is 13.0. The van der Waals surface area contributed by atoms with Crippen molar-refractivity contribution in [3.05, 3.63) is 64.8 Å². The summed E-state index contributed by atoms with van der Waals surface area (Å²) in [5.41, 5.74) is 2.47. The number of nitriles is 1. The van der Waals surface area contributed by atoms with Crippen LogP contribution in [0.2, 0.25) is 5.02 Å². The zero-order chi connectivity index (χ0) is 19.4. The Morgan fingerprint density at radius 3 is 2.81 bits per heavy atom. The fourth-order valence-electron chi connectivity index (χ4n) is 2.65. The maximum Gasteiger partial charge on any atom is 0.311 e. The van der Waals surface area contributed by atoms with Crippen LogP contribution in [0, 0.1) is 11.3 Å². The molecule has 0 fully saturated rings. The summed E-state index contributed by atoms with van der Waals surface area (Å²) in [4.78, 5) is 27.5. The van der Waals surface area contributed by atoms with Crippen LogP contribution in [0.3, 0.4) is 0 Å². The largest absolute Gasteiger partial charge is 0.452 e. The van der Waals surface area contributed by atoms with Gasteiger partial charge in [0.15, 0.2) is 6.10 Å². The summed E-state index contributed by atoms with van der Waals surface area (Å²) in [6.45, 7) is 1.49. The van der Waals surface area contributed by atoms with Gasteiger partial charge in [0, 0.05) is 22.8 Å². The summed E-state index contributed by atoms with van der Waals surface area (Å²) in [7, 11) is 0. The Balaban J connectivity index is 1.60. The van der Waals surface area contributed by atoms with Crippen molar-refractivity contribution in [3.63, 3.8) is 0 Å². The molecule has 0 aliphatic heterocycles. The molecule has 1 heterocycles. The zero-order valence-electron chi connectivity index (χ0n) is 14.5. The molecule has 6 nitrogen and oxygen atoms in total. The van der Waals surface area contributed by atoms with Crippen LogP contribution in [0.15, 0.2) is 48.7 Å². The molecule has 1 aromatic heterocycles. The van der Waals surface area contributed by atoms with Gasteiger partial charge in [0.05, 0.1) is 17.0 Å². The van der Waals surface area contributed by atoms with Crippen molar-refractivity contribution in [2.24, 2.45) is 0 Å². The van der Waals surface area contributed by atoms with Crippen LogP contribution in [0.1, 0.15) is 18.1 Å². The van der Waals surface area contributed by atoms with Crippen LogP contribution < -0.4 is 5.32 Å². The molecule has 3 rings (SSSR count). The first-order valence-electron chi connectivity index (χ1n) is 8.23. The number of halogens is 1. The Morgan fingerprint density at radius 2 is 2.07 bits per heavy atom. The number of anilines is 1. The number of nitrogens with zero attached hydrogens (tertiary/aromatic N) is 1. The van der Waals surface area contributed by atoms with Gasteiger partial charge in [-0.15, -0.1) is 0 Å². The van der Waals surface area contributed by atoms with Crippen LogP contribution in [-0.4, -0.2) is 23.0 Å². The van der Waals surface area contributed by atoms with Crippen molar-refractivity contribution >= 4 is 40.1 Å². The van der Waals surface area contributed by atoms with E-state index >= 15 is 0 Å². The quantitative estimate of drug-likeness (QED) is 0.657. The third kappa shape index (κ3) is 4.27. The molecule has 0 spiro atoms. The first-order valence-corrected chi connectivity index (χ1v) is 8.60. The van der Waals surface area contributed by atoms with Gasteiger partial charge in [-0.1, -0.05) is 29.8 Å². The van der Waals surface area contributed by atoms with Crippen LogP contribution in [0.25, 0.3) is 10.9 Å². The number of fused-ring (bicyclic) bond motifs is 1. The zero-order valence-corrected chi connectivity index (χ0v) is 15.2. The molecule has 0 aliphatic rings. The Morgan fingerprint density at radius 1 is 1.30 bits per heavy atom. The van der Waals surface area contributed by atoms with Gasteiger partial charge in [0.25, 0.3) is 5.91 Å². The molecule has 1 atom stereocenters. The van der Waals surface area contributed by atoms with Gasteiger partial charge >= 0.3 is 5.97 Å². The van der Waals surface area contributed by atoms with E-state index in [1.807, 2.05) is 30.3 Å². The van der Waals surface area contributed by atoms with Gasteiger partial charge in [-0.3, -0.25) is 9.59 Å². The predicted octanol–water partition coefficient (Wildman–Crippen LogP) is 3.81. The van der Waals surface area contributed by atoms with Crippen molar-refractivity contribution in [3.8, 4) is 6.07 Å². The van der Waals surface area contributed by atoms with Crippen molar-refractivity contribution in [1.29, 1.82) is 5.26 Å². The number of benzene rings is 2. The highest BCUT2D eigenvalue weighted by Crippen LogP contribution is 2.21. The molecule has 1 amide bonds. The molecule has 1 unspecified atom stereocenters. The Labute approximate surface area is 160 Å². The number of aromatic amines is 1. The van der Waals surface area contributed by atoms with Crippen molar-refractivity contribution in [2.45, 2.75) is 19.4 Å². The summed E-state index contributed by atoms with van der Waals surface area (Å²) in [5.74, 6) is -0.983. The summed E-state index contributed by atoms with van der Waals surface area (Å²) in [6, 6.07) is 14.1. The average molecular weight is 382 g/mol. The molecule has 136 valence electrons. The number of ether oxygens (including phenoxy) is 1. The van der Waals surface area contributed by atoms with Crippen LogP contribution in [0.5, 0.6) is 0 Å². The smallest absolute Gasteiger partial charge is 0.311 e. The lowest BCUT2D eigenvalue weighted by Crippen LogP contribution is -2.30. The van der Waals surface area contributed by atoms with E-state index in [2.05, 4.69) is 10.3 Å². The molecule has 0 bridgehead atoms. The van der Waals surface area contributed by atoms with Gasteiger partial charge in [0.1, 0.15) is 6.07 Å². The topological polar surface area (TPSA) is 95.0 Å². The second kappa shape index (κ2) is 7.94. The summed E-state index contributed by atoms with van der Waals surface area (Å²) >= 11 is 5.94. The van der Waals surface area contributed by atoms with E-state index in [4.69, 9.17) is 21.6 Å². The minimum Gasteiger partial charge on any atom is -0.452 e. The van der Waals surface area contributed by atoms with Gasteiger partial charge < -0.3 is 15.0 Å². The molecule has 0 saturated heterocycles. The van der Waals surface area contributed by atoms with Gasteiger partial charge in [0.2, 0.25) is 0 Å². The number of H-pyrrole nitrogens is 1. The number of hydrogen-bond acceptors (Lipinski definition) is 4. The number of esters is 1. The van der Waals surface area contributed by atoms with E-state index in [0.29, 0.717) is 11.3 Å². The average Bonchev–Trinajstić information content (AvgIpc) is 3.04. The minimum absolute atomic E-state index is 0.0598. The second-order valence-corrected chi connectivity index (χ2v) is 6.37. The number of para-hydroxylation sites is 1. The maximum atomic E-state index is 12.2. The van der Waals surface area contributed by atoms with Gasteiger partial charge in [-0.05, 0) is 36.8 Å². The molecule has 0 radical (unpaired) electrons. The number of amides is 1. The minimum atomic E-state index is -0.975. The third-order valence-corrected chi connectivity index (χ3v) is 4.36. The van der Waals surface area contributed by atoms with Crippen LogP contribution >= 0.6 is 11.6 Å². The number of carbonyl (C=O) groups excluding carboxylic acids is 2. The van der Waals surface area contributed by atoms with E-state index < -0.39 is 18.0 Å². The maximum absolute atomic E-state index is 12.2. The standard InChI is InChI=1S/C20H16ClN3O3/c1-12(20(26)24-15-7-6-13(10-22)17(21)9-15)27-19(25)8-14-11-23-18-5-3-2-4-16(14)18/h2-7,9,11-12,23H,8H2,1H3,(H,24,26). The van der Waals surface area contributed by atoms with E-state index in [1.54, 1.807) is 12.3 Å². The molecule has 0 aliphatic carbocycles. The van der Waals surface area contributed by atoms with Crippen LogP contribution in [-0.2, 0) is 20.7 Å². The highest BCUT2D eigenvalue weighted by molar-refractivity contribution is 6.32. The number of rotatable bonds is 5. The molecule has 3 aromatic rings. The number of nitrogens with one attached hydrogen (secondary N) is 2. The summed E-state index contributed by atoms with van der Waals surface area (Å²) in [6.07, 6.45) is 0.844. The molecular formula is C20H16ClN3O3. The van der Waals surface area contributed by atoms with Crippen molar-refractivity contribution < 1.29 is 14.3 Å². The molecule has 0 saturated carbocycles. The highest BCUT2D eigenvalue weighted by Gasteiger charge is 2.19. The van der Waals surface area contributed by atoms with E-state index in [-0.39, 0.29) is 11.4 Å². The first kappa shape index (κ1) is 18.5. The predicted molar refractivity (Wildman–Crippen MR) is 102 cm³/mol. The van der Waals surface area contributed by atoms with Crippen LogP contribution in [0.4, 0.5) is 5.69 Å². The fourth-order valence-corrected chi connectivity index (χ4v) is 2.88. The monoisotopic (exact) mass is 381 g/mol. The lowest BCUT2D eigenvalue weighted by Gasteiger charge is -2.13. The number of hydrogen-bond donors (Lipinski definition) is 2. The Bertz CT molecular complexity index is 1050. The lowest BCUT2D eigenvalue weighted by molar-refractivity contribution is -0.152. The van der Waals surface area contributed by atoms with Crippen molar-refractivity contribution in [2.75, 3.05) is 5.32 Å². The normalized spacial score (nSPS) is 11.6. The summed E-state index contributed by atoms with van der Waals surface area (Å²) < 4.78 is 5.23. The van der Waals surface area contributed by atoms with Gasteiger partial charge in [-0.2, -0.15) is 5.26 Å². The molecular weight excluding hydrogens is 366 g/mol. The number of carbonyl (C=O) groups is 2. The Kier molecular flexibility index (Phi) is 5.43. The molecule has 2 N–H and O–H groups in total. The van der Waals surface area contributed by atoms with E-state index in [1.165, 1.54) is 19.1 Å². The lowest BCUT2D eigenvalue weighted by atomic mass is 10.1.